The maximum absolute atomic E-state index is 11.9. The molecule has 0 saturated heterocycles. The molecule has 0 bridgehead atoms. The SMILES string of the molecule is CCOC(=O)/C(C#N)=C(\NCc1ccc(Cl)nc1)SC(C)C. The first-order valence-electron chi connectivity index (χ1n) is 6.80. The molecule has 1 N–H and O–H groups in total. The number of nitriles is 1. The molecule has 5 nitrogen and oxygen atoms in total. The predicted octanol–water partition coefficient (Wildman–Crippen LogP) is 3.26. The molecule has 0 amide bonds. The minimum Gasteiger partial charge on any atom is -0.462 e. The number of rotatable bonds is 7. The Morgan fingerprint density at radius 3 is 2.77 bits per heavy atom. The highest BCUT2D eigenvalue weighted by molar-refractivity contribution is 8.03. The monoisotopic (exact) mass is 339 g/mol. The highest BCUT2D eigenvalue weighted by Crippen LogP contribution is 2.23. The molecule has 0 radical (unpaired) electrons. The maximum Gasteiger partial charge on any atom is 0.351 e. The van der Waals surface area contributed by atoms with Crippen LogP contribution in [-0.4, -0.2) is 22.8 Å². The summed E-state index contributed by atoms with van der Waals surface area (Å²) in [7, 11) is 0. The first-order valence-corrected chi connectivity index (χ1v) is 8.06. The van der Waals surface area contributed by atoms with Crippen molar-refractivity contribution in [3.63, 3.8) is 0 Å². The summed E-state index contributed by atoms with van der Waals surface area (Å²) < 4.78 is 4.92. The van der Waals surface area contributed by atoms with Crippen molar-refractivity contribution in [1.29, 1.82) is 5.26 Å². The van der Waals surface area contributed by atoms with Gasteiger partial charge < -0.3 is 10.1 Å². The second-order valence-corrected chi connectivity index (χ2v) is 6.52. The summed E-state index contributed by atoms with van der Waals surface area (Å²) in [4.78, 5) is 15.9. The Bertz CT molecular complexity index is 579. The summed E-state index contributed by atoms with van der Waals surface area (Å²) in [6.45, 7) is 6.33. The Hall–Kier alpha value is -1.71. The molecule has 0 unspecified atom stereocenters. The van der Waals surface area contributed by atoms with Crippen LogP contribution in [0.5, 0.6) is 0 Å². The fraction of sp³-hybridized carbons (Fsp3) is 0.400. The summed E-state index contributed by atoms with van der Waals surface area (Å²) >= 11 is 7.15. The van der Waals surface area contributed by atoms with Gasteiger partial charge in [-0.3, -0.25) is 0 Å². The largest absolute Gasteiger partial charge is 0.462 e. The molecule has 0 atom stereocenters. The van der Waals surface area contributed by atoms with Gasteiger partial charge in [0, 0.05) is 18.0 Å². The molecule has 1 aromatic rings. The van der Waals surface area contributed by atoms with Gasteiger partial charge >= 0.3 is 5.97 Å². The van der Waals surface area contributed by atoms with Crippen LogP contribution in [0.1, 0.15) is 26.3 Å². The zero-order valence-corrected chi connectivity index (χ0v) is 14.3. The zero-order chi connectivity index (χ0) is 16.5. The predicted molar refractivity (Wildman–Crippen MR) is 88.1 cm³/mol. The van der Waals surface area contributed by atoms with Gasteiger partial charge in [-0.1, -0.05) is 31.5 Å². The van der Waals surface area contributed by atoms with Crippen LogP contribution in [0, 0.1) is 11.3 Å². The lowest BCUT2D eigenvalue weighted by Crippen LogP contribution is -2.18. The van der Waals surface area contributed by atoms with E-state index in [1.807, 2.05) is 26.0 Å². The molecule has 0 aliphatic heterocycles. The van der Waals surface area contributed by atoms with E-state index in [-0.39, 0.29) is 17.4 Å². The number of pyridine rings is 1. The number of hydrogen-bond acceptors (Lipinski definition) is 6. The van der Waals surface area contributed by atoms with E-state index < -0.39 is 5.97 Å². The second kappa shape index (κ2) is 9.34. The standard InChI is InChI=1S/C15H18ClN3O2S/c1-4-21-15(20)12(7-17)14(22-10(2)3)19-9-11-5-6-13(16)18-8-11/h5-6,8,10,19H,4,9H2,1-3H3/b14-12+. The Morgan fingerprint density at radius 1 is 1.55 bits per heavy atom. The van der Waals surface area contributed by atoms with E-state index in [1.165, 1.54) is 11.8 Å². The van der Waals surface area contributed by atoms with Gasteiger partial charge in [-0.2, -0.15) is 5.26 Å². The van der Waals surface area contributed by atoms with Crippen LogP contribution in [0.25, 0.3) is 0 Å². The lowest BCUT2D eigenvalue weighted by Gasteiger charge is -2.14. The number of nitrogens with zero attached hydrogens (tertiary/aromatic N) is 2. The lowest BCUT2D eigenvalue weighted by molar-refractivity contribution is -0.138. The molecule has 0 saturated carbocycles. The van der Waals surface area contributed by atoms with E-state index in [1.54, 1.807) is 19.2 Å². The Labute approximate surface area is 139 Å². The molecule has 0 fully saturated rings. The summed E-state index contributed by atoms with van der Waals surface area (Å²) in [5, 5.41) is 13.5. The Morgan fingerprint density at radius 2 is 2.27 bits per heavy atom. The lowest BCUT2D eigenvalue weighted by atomic mass is 10.3. The van der Waals surface area contributed by atoms with Gasteiger partial charge in [0.15, 0.2) is 5.57 Å². The van der Waals surface area contributed by atoms with Crippen LogP contribution in [0.3, 0.4) is 0 Å². The van der Waals surface area contributed by atoms with Crippen LogP contribution in [-0.2, 0) is 16.1 Å². The molecule has 0 aliphatic carbocycles. The van der Waals surface area contributed by atoms with Crippen molar-refractivity contribution in [2.75, 3.05) is 6.61 Å². The molecule has 0 aromatic carbocycles. The first-order chi connectivity index (χ1) is 10.5. The fourth-order valence-electron chi connectivity index (χ4n) is 1.51. The van der Waals surface area contributed by atoms with Gasteiger partial charge in [0.25, 0.3) is 0 Å². The van der Waals surface area contributed by atoms with Gasteiger partial charge in [-0.15, -0.1) is 11.8 Å². The third-order valence-corrected chi connectivity index (χ3v) is 3.69. The third-order valence-electron chi connectivity index (χ3n) is 2.41. The van der Waals surface area contributed by atoms with Crippen molar-refractivity contribution in [3.05, 3.63) is 39.6 Å². The topological polar surface area (TPSA) is 75.0 Å². The highest BCUT2D eigenvalue weighted by atomic mass is 35.5. The molecule has 118 valence electrons. The maximum atomic E-state index is 11.9. The van der Waals surface area contributed by atoms with Gasteiger partial charge in [0.2, 0.25) is 0 Å². The Balaban J connectivity index is 2.93. The van der Waals surface area contributed by atoms with E-state index in [9.17, 15) is 10.1 Å². The molecule has 1 aromatic heterocycles. The van der Waals surface area contributed by atoms with Gasteiger partial charge in [-0.25, -0.2) is 9.78 Å². The minimum absolute atomic E-state index is 0.0116. The van der Waals surface area contributed by atoms with Crippen molar-refractivity contribution in [1.82, 2.24) is 10.3 Å². The second-order valence-electron chi connectivity index (χ2n) is 4.55. The average Bonchev–Trinajstić information content (AvgIpc) is 2.46. The highest BCUT2D eigenvalue weighted by Gasteiger charge is 2.18. The number of hydrogen-bond donors (Lipinski definition) is 1. The number of ether oxygens (including phenoxy) is 1. The summed E-state index contributed by atoms with van der Waals surface area (Å²) in [5.74, 6) is -0.616. The number of carbonyl (C=O) groups excluding carboxylic acids is 1. The number of thioether (sulfide) groups is 1. The molecule has 1 heterocycles. The molecular weight excluding hydrogens is 322 g/mol. The van der Waals surface area contributed by atoms with Crippen LogP contribution < -0.4 is 5.32 Å². The van der Waals surface area contributed by atoms with Gasteiger partial charge in [-0.05, 0) is 18.6 Å². The smallest absolute Gasteiger partial charge is 0.351 e. The molecule has 0 aliphatic rings. The summed E-state index contributed by atoms with van der Waals surface area (Å²) in [6.07, 6.45) is 1.64. The number of aromatic nitrogens is 1. The van der Waals surface area contributed by atoms with Crippen LogP contribution >= 0.6 is 23.4 Å². The van der Waals surface area contributed by atoms with Crippen LogP contribution in [0.15, 0.2) is 28.9 Å². The first kappa shape index (κ1) is 18.3. The van der Waals surface area contributed by atoms with Crippen molar-refractivity contribution < 1.29 is 9.53 Å². The molecule has 0 spiro atoms. The van der Waals surface area contributed by atoms with Gasteiger partial charge in [0.05, 0.1) is 11.6 Å². The molecule has 22 heavy (non-hydrogen) atoms. The van der Waals surface area contributed by atoms with Crippen molar-refractivity contribution in [2.45, 2.75) is 32.6 Å². The number of carbonyl (C=O) groups is 1. The van der Waals surface area contributed by atoms with E-state index in [4.69, 9.17) is 16.3 Å². The quantitative estimate of drug-likeness (QED) is 0.355. The summed E-state index contributed by atoms with van der Waals surface area (Å²) in [6, 6.07) is 5.44. The molecule has 1 rings (SSSR count). The number of nitrogens with one attached hydrogen (secondary N) is 1. The van der Waals surface area contributed by atoms with Gasteiger partial charge in [0.1, 0.15) is 11.2 Å². The van der Waals surface area contributed by atoms with Crippen LogP contribution in [0.4, 0.5) is 0 Å². The fourth-order valence-corrected chi connectivity index (χ4v) is 2.50. The molecule has 7 heteroatoms. The van der Waals surface area contributed by atoms with E-state index >= 15 is 0 Å². The van der Waals surface area contributed by atoms with Crippen molar-refractivity contribution in [3.8, 4) is 6.07 Å². The molecular formula is C15H18ClN3O2S. The van der Waals surface area contributed by atoms with Crippen molar-refractivity contribution >= 4 is 29.3 Å². The number of halogens is 1. The summed E-state index contributed by atoms with van der Waals surface area (Å²) in [5.41, 5.74) is 0.884. The normalized spacial score (nSPS) is 11.6. The average molecular weight is 340 g/mol. The number of esters is 1. The zero-order valence-electron chi connectivity index (χ0n) is 12.7. The van der Waals surface area contributed by atoms with E-state index in [0.717, 1.165) is 5.56 Å². The van der Waals surface area contributed by atoms with Crippen molar-refractivity contribution in [2.24, 2.45) is 0 Å². The van der Waals surface area contributed by atoms with E-state index in [0.29, 0.717) is 16.7 Å². The van der Waals surface area contributed by atoms with E-state index in [2.05, 4.69) is 10.3 Å². The Kier molecular flexibility index (Phi) is 7.78. The third kappa shape index (κ3) is 5.96. The minimum atomic E-state index is -0.616. The van der Waals surface area contributed by atoms with Crippen LogP contribution in [0.2, 0.25) is 5.15 Å².